The van der Waals surface area contributed by atoms with Crippen molar-refractivity contribution in [1.82, 2.24) is 5.32 Å². The summed E-state index contributed by atoms with van der Waals surface area (Å²) in [6, 6.07) is 1.65. The van der Waals surface area contributed by atoms with E-state index in [-0.39, 0.29) is 11.0 Å². The third kappa shape index (κ3) is 4.66. The third-order valence-corrected chi connectivity index (χ3v) is 4.54. The highest BCUT2D eigenvalue weighted by atomic mass is 35.5. The fourth-order valence-corrected chi connectivity index (χ4v) is 2.18. The lowest BCUT2D eigenvalue weighted by Gasteiger charge is -2.23. The van der Waals surface area contributed by atoms with Gasteiger partial charge in [-0.3, -0.25) is 4.79 Å². The molecule has 0 atom stereocenters. The van der Waals surface area contributed by atoms with E-state index < -0.39 is 31.7 Å². The van der Waals surface area contributed by atoms with Crippen LogP contribution in [0.5, 0.6) is 0 Å². The van der Waals surface area contributed by atoms with Crippen LogP contribution in [0.3, 0.4) is 0 Å². The van der Waals surface area contributed by atoms with Crippen molar-refractivity contribution >= 4 is 27.5 Å². The maximum atomic E-state index is 13.6. The molecule has 118 valence electrons. The highest BCUT2D eigenvalue weighted by Gasteiger charge is 2.22. The monoisotopic (exact) mass is 336 g/mol. The third-order valence-electron chi connectivity index (χ3n) is 3.26. The summed E-state index contributed by atoms with van der Waals surface area (Å²) in [6.07, 6.45) is 0.826. The number of hydrogen-bond acceptors (Lipinski definition) is 3. The molecule has 0 unspecified atom stereocenters. The number of primary sulfonamides is 1. The van der Waals surface area contributed by atoms with Crippen LogP contribution in [0, 0.1) is 11.2 Å². The number of halogens is 2. The van der Waals surface area contributed by atoms with Crippen molar-refractivity contribution in [3.05, 3.63) is 28.5 Å². The van der Waals surface area contributed by atoms with Crippen molar-refractivity contribution in [2.24, 2.45) is 10.6 Å². The Morgan fingerprint density at radius 1 is 1.43 bits per heavy atom. The number of sulfonamides is 1. The molecule has 0 fully saturated rings. The molecule has 0 heterocycles. The van der Waals surface area contributed by atoms with Crippen molar-refractivity contribution in [1.29, 1.82) is 0 Å². The Morgan fingerprint density at radius 2 is 2.00 bits per heavy atom. The summed E-state index contributed by atoms with van der Waals surface area (Å²) in [5, 5.41) is 7.12. The Hall–Kier alpha value is -1.18. The number of rotatable bonds is 5. The van der Waals surface area contributed by atoms with Crippen LogP contribution in [0.15, 0.2) is 17.0 Å². The quantitative estimate of drug-likeness (QED) is 0.864. The van der Waals surface area contributed by atoms with E-state index in [0.29, 0.717) is 12.6 Å². The predicted molar refractivity (Wildman–Crippen MR) is 79.2 cm³/mol. The summed E-state index contributed by atoms with van der Waals surface area (Å²) in [7, 11) is -4.12. The predicted octanol–water partition coefficient (Wildman–Crippen LogP) is 2.29. The number of nitrogens with one attached hydrogen (secondary N) is 1. The van der Waals surface area contributed by atoms with Crippen LogP contribution in [0.25, 0.3) is 0 Å². The molecule has 1 amide bonds. The minimum Gasteiger partial charge on any atom is -0.351 e. The van der Waals surface area contributed by atoms with Crippen molar-refractivity contribution in [3.8, 4) is 0 Å². The van der Waals surface area contributed by atoms with Crippen molar-refractivity contribution in [2.75, 3.05) is 6.54 Å². The summed E-state index contributed by atoms with van der Waals surface area (Å²) >= 11 is 5.72. The number of carbonyl (C=O) groups excluding carboxylic acids is 1. The maximum Gasteiger partial charge on any atom is 0.252 e. The van der Waals surface area contributed by atoms with Gasteiger partial charge in [-0.1, -0.05) is 32.4 Å². The van der Waals surface area contributed by atoms with E-state index in [9.17, 15) is 17.6 Å². The van der Waals surface area contributed by atoms with Crippen molar-refractivity contribution in [3.63, 3.8) is 0 Å². The molecular weight excluding hydrogens is 319 g/mol. The average molecular weight is 337 g/mol. The zero-order chi connectivity index (χ0) is 16.4. The summed E-state index contributed by atoms with van der Waals surface area (Å²) in [4.78, 5) is 11.6. The number of amides is 1. The average Bonchev–Trinajstić information content (AvgIpc) is 2.38. The summed E-state index contributed by atoms with van der Waals surface area (Å²) in [6.45, 7) is 6.23. The molecular formula is C13H18ClFN2O3S. The number of carbonyl (C=O) groups is 1. The number of benzene rings is 1. The van der Waals surface area contributed by atoms with E-state index in [0.717, 1.165) is 12.5 Å². The lowest BCUT2D eigenvalue weighted by Crippen LogP contribution is -2.34. The summed E-state index contributed by atoms with van der Waals surface area (Å²) in [5.74, 6) is -1.66. The SMILES string of the molecule is CCC(C)(C)CNC(=O)c1cc(S(N)(=O)=O)cc(F)c1Cl. The van der Waals surface area contributed by atoms with E-state index in [1.165, 1.54) is 0 Å². The maximum absolute atomic E-state index is 13.6. The first-order valence-electron chi connectivity index (χ1n) is 6.28. The van der Waals surface area contributed by atoms with Gasteiger partial charge in [-0.05, 0) is 24.0 Å². The molecule has 0 aromatic heterocycles. The van der Waals surface area contributed by atoms with Gasteiger partial charge in [0.05, 0.1) is 15.5 Å². The van der Waals surface area contributed by atoms with E-state index in [1.807, 2.05) is 20.8 Å². The van der Waals surface area contributed by atoms with E-state index in [4.69, 9.17) is 16.7 Å². The van der Waals surface area contributed by atoms with Crippen LogP contribution < -0.4 is 10.5 Å². The van der Waals surface area contributed by atoms with Gasteiger partial charge in [-0.15, -0.1) is 0 Å². The molecule has 8 heteroatoms. The van der Waals surface area contributed by atoms with Gasteiger partial charge in [0.2, 0.25) is 10.0 Å². The first kappa shape index (κ1) is 17.9. The second kappa shape index (κ2) is 6.29. The molecule has 0 radical (unpaired) electrons. The lowest BCUT2D eigenvalue weighted by atomic mass is 9.90. The Bertz CT molecular complexity index is 660. The minimum absolute atomic E-state index is 0.141. The van der Waals surface area contributed by atoms with Gasteiger partial charge in [-0.25, -0.2) is 17.9 Å². The molecule has 0 spiro atoms. The van der Waals surface area contributed by atoms with Crippen molar-refractivity contribution in [2.45, 2.75) is 32.1 Å². The summed E-state index contributed by atoms with van der Waals surface area (Å²) in [5.41, 5.74) is -0.397. The van der Waals surface area contributed by atoms with Gasteiger partial charge in [0, 0.05) is 6.54 Å². The number of nitrogens with two attached hydrogens (primary N) is 1. The van der Waals surface area contributed by atoms with Crippen LogP contribution in [0.2, 0.25) is 5.02 Å². The zero-order valence-corrected chi connectivity index (χ0v) is 13.6. The molecule has 1 aromatic rings. The second-order valence-corrected chi connectivity index (χ2v) is 7.45. The molecule has 0 saturated carbocycles. The Kier molecular flexibility index (Phi) is 5.35. The first-order chi connectivity index (χ1) is 9.48. The van der Waals surface area contributed by atoms with Crippen LogP contribution >= 0.6 is 11.6 Å². The van der Waals surface area contributed by atoms with Crippen LogP contribution in [-0.4, -0.2) is 20.9 Å². The largest absolute Gasteiger partial charge is 0.351 e. The topological polar surface area (TPSA) is 89.3 Å². The molecule has 0 aliphatic rings. The van der Waals surface area contributed by atoms with Gasteiger partial charge in [0.1, 0.15) is 5.82 Å². The van der Waals surface area contributed by atoms with Crippen LogP contribution in [-0.2, 0) is 10.0 Å². The smallest absolute Gasteiger partial charge is 0.252 e. The van der Waals surface area contributed by atoms with E-state index in [2.05, 4.69) is 5.32 Å². The highest BCUT2D eigenvalue weighted by Crippen LogP contribution is 2.24. The highest BCUT2D eigenvalue weighted by molar-refractivity contribution is 7.89. The molecule has 1 aromatic carbocycles. The molecule has 21 heavy (non-hydrogen) atoms. The zero-order valence-electron chi connectivity index (χ0n) is 12.0. The van der Waals surface area contributed by atoms with Gasteiger partial charge < -0.3 is 5.32 Å². The van der Waals surface area contributed by atoms with Gasteiger partial charge in [0.15, 0.2) is 0 Å². The van der Waals surface area contributed by atoms with Gasteiger partial charge in [0.25, 0.3) is 5.91 Å². The molecule has 0 aliphatic carbocycles. The van der Waals surface area contributed by atoms with Gasteiger partial charge in [-0.2, -0.15) is 0 Å². The number of hydrogen-bond donors (Lipinski definition) is 2. The standard InChI is InChI=1S/C13H18ClFN2O3S/c1-4-13(2,3)7-17-12(18)9-5-8(21(16,19)20)6-10(15)11(9)14/h5-6H,4,7H2,1-3H3,(H,17,18)(H2,16,19,20). The normalized spacial score (nSPS) is 12.3. The van der Waals surface area contributed by atoms with Crippen LogP contribution in [0.4, 0.5) is 4.39 Å². The van der Waals surface area contributed by atoms with Crippen molar-refractivity contribution < 1.29 is 17.6 Å². The fourth-order valence-electron chi connectivity index (χ4n) is 1.43. The first-order valence-corrected chi connectivity index (χ1v) is 8.20. The molecule has 0 bridgehead atoms. The van der Waals surface area contributed by atoms with Crippen LogP contribution in [0.1, 0.15) is 37.6 Å². The second-order valence-electron chi connectivity index (χ2n) is 5.51. The van der Waals surface area contributed by atoms with Gasteiger partial charge >= 0.3 is 0 Å². The van der Waals surface area contributed by atoms with E-state index >= 15 is 0 Å². The molecule has 0 saturated heterocycles. The fraction of sp³-hybridized carbons (Fsp3) is 0.462. The molecule has 3 N–H and O–H groups in total. The van der Waals surface area contributed by atoms with E-state index in [1.54, 1.807) is 0 Å². The Labute approximate surface area is 128 Å². The Morgan fingerprint density at radius 3 is 2.48 bits per heavy atom. The minimum atomic E-state index is -4.12. The Balaban J connectivity index is 3.13. The summed E-state index contributed by atoms with van der Waals surface area (Å²) < 4.78 is 36.2. The molecule has 0 aliphatic heterocycles. The molecule has 1 rings (SSSR count). The molecule has 5 nitrogen and oxygen atoms in total. The lowest BCUT2D eigenvalue weighted by molar-refractivity contribution is 0.0935.